The minimum Gasteiger partial charge on any atom is -0.391 e. The molecule has 0 aliphatic rings. The molecule has 2 N–H and O–H groups in total. The van der Waals surface area contributed by atoms with E-state index in [0.717, 1.165) is 5.56 Å². The molecule has 0 saturated heterocycles. The fourth-order valence-corrected chi connectivity index (χ4v) is 2.70. The lowest BCUT2D eigenvalue weighted by molar-refractivity contribution is 0.129. The van der Waals surface area contributed by atoms with Gasteiger partial charge in [-0.05, 0) is 23.6 Å². The highest BCUT2D eigenvalue weighted by atomic mass is 79.9. The second kappa shape index (κ2) is 6.65. The van der Waals surface area contributed by atoms with Crippen LogP contribution in [0.4, 0.5) is 0 Å². The van der Waals surface area contributed by atoms with Gasteiger partial charge in [-0.15, -0.1) is 0 Å². The molecule has 1 aromatic rings. The summed E-state index contributed by atoms with van der Waals surface area (Å²) in [5.74, 6) is 0.0171. The van der Waals surface area contributed by atoms with Gasteiger partial charge in [0.2, 0.25) is 10.0 Å². The van der Waals surface area contributed by atoms with Crippen molar-refractivity contribution in [1.29, 1.82) is 0 Å². The second-order valence-corrected chi connectivity index (χ2v) is 6.77. The van der Waals surface area contributed by atoms with Gasteiger partial charge in [-0.3, -0.25) is 0 Å². The van der Waals surface area contributed by atoms with Gasteiger partial charge in [0.05, 0.1) is 11.0 Å². The van der Waals surface area contributed by atoms with Crippen LogP contribution in [-0.4, -0.2) is 26.2 Å². The number of alkyl halides is 1. The molecule has 0 fully saturated rings. The molecule has 0 aliphatic heterocycles. The highest BCUT2D eigenvalue weighted by molar-refractivity contribution is 9.08. The molecule has 1 atom stereocenters. The molecule has 0 heterocycles. The Balaban J connectivity index is 2.73. The van der Waals surface area contributed by atoms with Crippen LogP contribution in [0, 0.1) is 5.92 Å². The van der Waals surface area contributed by atoms with Crippen LogP contribution in [0.25, 0.3) is 0 Å². The standard InChI is InChI=1S/C12H18BrNO3S/c1-9(2)12(15)8-14-18(16,17)11-5-3-10(7-13)4-6-11/h3-6,9,12,14-15H,7-8H2,1-2H3. The smallest absolute Gasteiger partial charge is 0.240 e. The molecule has 1 aromatic carbocycles. The van der Waals surface area contributed by atoms with Crippen molar-refractivity contribution in [2.75, 3.05) is 6.54 Å². The summed E-state index contributed by atoms with van der Waals surface area (Å²) in [6.07, 6.45) is -0.679. The van der Waals surface area contributed by atoms with Crippen molar-refractivity contribution >= 4 is 26.0 Å². The molecule has 1 rings (SSSR count). The molecule has 0 spiro atoms. The van der Waals surface area contributed by atoms with Crippen LogP contribution in [0.5, 0.6) is 0 Å². The van der Waals surface area contributed by atoms with Crippen molar-refractivity contribution in [2.24, 2.45) is 5.92 Å². The van der Waals surface area contributed by atoms with Crippen molar-refractivity contribution < 1.29 is 13.5 Å². The van der Waals surface area contributed by atoms with Crippen LogP contribution in [0.1, 0.15) is 19.4 Å². The van der Waals surface area contributed by atoms with Crippen molar-refractivity contribution in [3.63, 3.8) is 0 Å². The molecule has 1 unspecified atom stereocenters. The zero-order valence-electron chi connectivity index (χ0n) is 10.4. The van der Waals surface area contributed by atoms with Gasteiger partial charge < -0.3 is 5.11 Å². The van der Waals surface area contributed by atoms with E-state index < -0.39 is 16.1 Å². The lowest BCUT2D eigenvalue weighted by Crippen LogP contribution is -2.34. The maximum absolute atomic E-state index is 11.9. The normalized spacial score (nSPS) is 13.8. The molecular formula is C12H18BrNO3S. The monoisotopic (exact) mass is 335 g/mol. The van der Waals surface area contributed by atoms with Gasteiger partial charge in [-0.2, -0.15) is 0 Å². The summed E-state index contributed by atoms with van der Waals surface area (Å²) >= 11 is 3.30. The van der Waals surface area contributed by atoms with Gasteiger partial charge >= 0.3 is 0 Å². The minimum atomic E-state index is -3.54. The van der Waals surface area contributed by atoms with E-state index >= 15 is 0 Å². The highest BCUT2D eigenvalue weighted by Crippen LogP contribution is 2.12. The lowest BCUT2D eigenvalue weighted by atomic mass is 10.1. The Morgan fingerprint density at radius 3 is 2.28 bits per heavy atom. The summed E-state index contributed by atoms with van der Waals surface area (Å²) in [7, 11) is -3.54. The summed E-state index contributed by atoms with van der Waals surface area (Å²) in [5, 5.41) is 10.3. The average molecular weight is 336 g/mol. The molecule has 0 radical (unpaired) electrons. The number of aliphatic hydroxyl groups is 1. The SMILES string of the molecule is CC(C)C(O)CNS(=O)(=O)c1ccc(CBr)cc1. The van der Waals surface area contributed by atoms with Gasteiger partial charge in [0.1, 0.15) is 0 Å². The van der Waals surface area contributed by atoms with E-state index in [1.54, 1.807) is 24.3 Å². The molecule has 0 aliphatic carbocycles. The van der Waals surface area contributed by atoms with Crippen molar-refractivity contribution in [3.8, 4) is 0 Å². The number of nitrogens with one attached hydrogen (secondary N) is 1. The third kappa shape index (κ3) is 4.35. The van der Waals surface area contributed by atoms with Gasteiger partial charge in [0, 0.05) is 11.9 Å². The number of hydrogen-bond acceptors (Lipinski definition) is 3. The zero-order valence-corrected chi connectivity index (χ0v) is 12.8. The predicted octanol–water partition coefficient (Wildman–Crippen LogP) is 1.88. The highest BCUT2D eigenvalue weighted by Gasteiger charge is 2.17. The number of halogens is 1. The summed E-state index contributed by atoms with van der Waals surface area (Å²) in [4.78, 5) is 0.211. The Morgan fingerprint density at radius 2 is 1.83 bits per heavy atom. The topological polar surface area (TPSA) is 66.4 Å². The Hall–Kier alpha value is -0.430. The zero-order chi connectivity index (χ0) is 13.8. The van der Waals surface area contributed by atoms with Crippen LogP contribution >= 0.6 is 15.9 Å². The maximum atomic E-state index is 11.9. The van der Waals surface area contributed by atoms with Crippen molar-refractivity contribution in [2.45, 2.75) is 30.2 Å². The first kappa shape index (κ1) is 15.6. The van der Waals surface area contributed by atoms with Gasteiger partial charge in [-0.25, -0.2) is 13.1 Å². The van der Waals surface area contributed by atoms with Gasteiger partial charge in [0.25, 0.3) is 0 Å². The fraction of sp³-hybridized carbons (Fsp3) is 0.500. The molecule has 0 bridgehead atoms. The van der Waals surface area contributed by atoms with Crippen LogP contribution in [0.3, 0.4) is 0 Å². The van der Waals surface area contributed by atoms with E-state index in [2.05, 4.69) is 20.7 Å². The summed E-state index contributed by atoms with van der Waals surface area (Å²) in [5.41, 5.74) is 1.01. The predicted molar refractivity (Wildman–Crippen MR) is 75.1 cm³/mol. The molecular weight excluding hydrogens is 318 g/mol. The van der Waals surface area contributed by atoms with E-state index in [1.165, 1.54) is 0 Å². The molecule has 6 heteroatoms. The first-order chi connectivity index (χ1) is 8.36. The molecule has 4 nitrogen and oxygen atoms in total. The van der Waals surface area contributed by atoms with Crippen LogP contribution in [-0.2, 0) is 15.4 Å². The molecule has 0 amide bonds. The van der Waals surface area contributed by atoms with E-state index in [4.69, 9.17) is 0 Å². The average Bonchev–Trinajstić information content (AvgIpc) is 2.36. The molecule has 0 aromatic heterocycles. The van der Waals surface area contributed by atoms with Gasteiger partial charge in [0.15, 0.2) is 0 Å². The number of aliphatic hydroxyl groups excluding tert-OH is 1. The Morgan fingerprint density at radius 1 is 1.28 bits per heavy atom. The molecule has 102 valence electrons. The first-order valence-corrected chi connectivity index (χ1v) is 8.30. The number of rotatable bonds is 6. The van der Waals surface area contributed by atoms with Gasteiger partial charge in [-0.1, -0.05) is 41.9 Å². The third-order valence-corrected chi connectivity index (χ3v) is 4.73. The number of hydrogen-bond donors (Lipinski definition) is 2. The number of sulfonamides is 1. The fourth-order valence-electron chi connectivity index (χ4n) is 1.27. The van der Waals surface area contributed by atoms with E-state index in [0.29, 0.717) is 5.33 Å². The largest absolute Gasteiger partial charge is 0.391 e. The van der Waals surface area contributed by atoms with Crippen molar-refractivity contribution in [1.82, 2.24) is 4.72 Å². The quantitative estimate of drug-likeness (QED) is 0.780. The molecule has 18 heavy (non-hydrogen) atoms. The maximum Gasteiger partial charge on any atom is 0.240 e. The summed E-state index contributed by atoms with van der Waals surface area (Å²) in [6.45, 7) is 3.70. The Kier molecular flexibility index (Phi) is 5.78. The van der Waals surface area contributed by atoms with Crippen LogP contribution < -0.4 is 4.72 Å². The Labute approximate surface area is 117 Å². The molecule has 0 saturated carbocycles. The second-order valence-electron chi connectivity index (χ2n) is 4.44. The van der Waals surface area contributed by atoms with Crippen LogP contribution in [0.2, 0.25) is 0 Å². The summed E-state index contributed by atoms with van der Waals surface area (Å²) < 4.78 is 26.3. The first-order valence-electron chi connectivity index (χ1n) is 5.69. The third-order valence-electron chi connectivity index (χ3n) is 2.64. The van der Waals surface area contributed by atoms with Crippen LogP contribution in [0.15, 0.2) is 29.2 Å². The number of benzene rings is 1. The lowest BCUT2D eigenvalue weighted by Gasteiger charge is -2.15. The van der Waals surface area contributed by atoms with E-state index in [9.17, 15) is 13.5 Å². The van der Waals surface area contributed by atoms with E-state index in [1.807, 2.05) is 13.8 Å². The summed E-state index contributed by atoms with van der Waals surface area (Å²) in [6, 6.07) is 6.62. The van der Waals surface area contributed by atoms with Crippen molar-refractivity contribution in [3.05, 3.63) is 29.8 Å². The van der Waals surface area contributed by atoms with E-state index in [-0.39, 0.29) is 17.4 Å². The Bertz CT molecular complexity index is 471. The minimum absolute atomic E-state index is 0.0171.